The lowest BCUT2D eigenvalue weighted by molar-refractivity contribution is -0.149. The van der Waals surface area contributed by atoms with Crippen LogP contribution in [0.5, 0.6) is 0 Å². The third-order valence-electron chi connectivity index (χ3n) is 10.1. The number of carbonyl (C=O) groups is 2. The molecule has 0 aliphatic heterocycles. The molecule has 1 N–H and O–H groups in total. The van der Waals surface area contributed by atoms with Crippen LogP contribution in [0.2, 0.25) is 0 Å². The van der Waals surface area contributed by atoms with E-state index < -0.39 is 0 Å². The third kappa shape index (κ3) is 37.9. The van der Waals surface area contributed by atoms with E-state index in [2.05, 4.69) is 27.7 Å². The van der Waals surface area contributed by atoms with Gasteiger partial charge in [-0.2, -0.15) is 23.5 Å². The van der Waals surface area contributed by atoms with Gasteiger partial charge >= 0.3 is 11.9 Å². The van der Waals surface area contributed by atoms with Gasteiger partial charge in [-0.1, -0.05) is 156 Å². The van der Waals surface area contributed by atoms with Crippen LogP contribution in [0.4, 0.5) is 0 Å². The third-order valence-corrected chi connectivity index (χ3v) is 12.5. The minimum absolute atomic E-state index is 0.00256. The molecule has 0 aromatic rings. The highest BCUT2D eigenvalue weighted by molar-refractivity contribution is 7.99. The second-order valence-corrected chi connectivity index (χ2v) is 17.8. The van der Waals surface area contributed by atoms with Crippen molar-refractivity contribution in [1.82, 2.24) is 0 Å². The fraction of sp³-hybridized carbons (Fsp3) is 0.956. The summed E-state index contributed by atoms with van der Waals surface area (Å²) >= 11 is 3.87. The Morgan fingerprint density at radius 2 is 0.731 bits per heavy atom. The fourth-order valence-corrected chi connectivity index (χ4v) is 8.78. The highest BCUT2D eigenvalue weighted by Gasteiger charge is 2.16. The molecular weight excluding hydrogens is 685 g/mol. The lowest BCUT2D eigenvalue weighted by Gasteiger charge is -2.18. The molecule has 0 aliphatic carbocycles. The SMILES string of the molecule is CCCCCCCCC(=O)OC(CCCCCC)CSCCCCCC(O)CCCCCSCC(CCCCCC)OC(=O)CCCCCCCC. The molecule has 0 heterocycles. The predicted octanol–water partition coefficient (Wildman–Crippen LogP) is 14.2. The molecule has 0 aromatic heterocycles. The maximum Gasteiger partial charge on any atom is 0.306 e. The largest absolute Gasteiger partial charge is 0.461 e. The maximum atomic E-state index is 12.5. The molecule has 5 nitrogen and oxygen atoms in total. The zero-order valence-electron chi connectivity index (χ0n) is 35.1. The monoisotopic (exact) mass is 773 g/mol. The van der Waals surface area contributed by atoms with Gasteiger partial charge in [-0.05, 0) is 75.7 Å². The van der Waals surface area contributed by atoms with Crippen molar-refractivity contribution in [1.29, 1.82) is 0 Å². The summed E-state index contributed by atoms with van der Waals surface area (Å²) in [4.78, 5) is 25.0. The minimum Gasteiger partial charge on any atom is -0.461 e. The van der Waals surface area contributed by atoms with Gasteiger partial charge in [-0.25, -0.2) is 0 Å². The number of hydrogen-bond acceptors (Lipinski definition) is 7. The molecule has 0 aliphatic rings. The van der Waals surface area contributed by atoms with Crippen LogP contribution in [0, 0.1) is 0 Å². The first kappa shape index (κ1) is 51.6. The van der Waals surface area contributed by atoms with Crippen LogP contribution in [0.3, 0.4) is 0 Å². The fourth-order valence-electron chi connectivity index (χ4n) is 6.63. The Morgan fingerprint density at radius 1 is 0.423 bits per heavy atom. The second kappa shape index (κ2) is 41.8. The van der Waals surface area contributed by atoms with Crippen molar-refractivity contribution in [3.8, 4) is 0 Å². The lowest BCUT2D eigenvalue weighted by Crippen LogP contribution is -2.21. The van der Waals surface area contributed by atoms with Gasteiger partial charge in [0.15, 0.2) is 0 Å². The molecule has 0 aromatic carbocycles. The van der Waals surface area contributed by atoms with Gasteiger partial charge in [0.2, 0.25) is 0 Å². The summed E-state index contributed by atoms with van der Waals surface area (Å²) in [7, 11) is 0. The van der Waals surface area contributed by atoms with E-state index in [1.54, 1.807) is 0 Å². The van der Waals surface area contributed by atoms with E-state index in [-0.39, 0.29) is 30.3 Å². The Bertz CT molecular complexity index is 691. The lowest BCUT2D eigenvalue weighted by atomic mass is 10.0. The minimum atomic E-state index is -0.183. The maximum absolute atomic E-state index is 12.5. The second-order valence-electron chi connectivity index (χ2n) is 15.5. The topological polar surface area (TPSA) is 72.8 Å². The van der Waals surface area contributed by atoms with Gasteiger partial charge in [0.25, 0.3) is 0 Å². The average molecular weight is 773 g/mol. The Balaban J connectivity index is 4.06. The summed E-state index contributed by atoms with van der Waals surface area (Å²) in [6.07, 6.45) is 35.7. The van der Waals surface area contributed by atoms with E-state index in [9.17, 15) is 14.7 Å². The van der Waals surface area contributed by atoms with Crippen molar-refractivity contribution in [2.24, 2.45) is 0 Å². The number of carbonyl (C=O) groups excluding carboxylic acids is 2. The zero-order chi connectivity index (χ0) is 38.2. The Labute approximate surface area is 332 Å². The Kier molecular flexibility index (Phi) is 41.4. The molecule has 52 heavy (non-hydrogen) atoms. The average Bonchev–Trinajstić information content (AvgIpc) is 3.13. The number of ether oxygens (including phenoxy) is 2. The number of hydrogen-bond donors (Lipinski definition) is 1. The first-order valence-electron chi connectivity index (χ1n) is 22.7. The molecule has 0 spiro atoms. The van der Waals surface area contributed by atoms with Crippen molar-refractivity contribution in [3.05, 3.63) is 0 Å². The molecule has 2 unspecified atom stereocenters. The molecule has 7 heteroatoms. The predicted molar refractivity (Wildman–Crippen MR) is 231 cm³/mol. The number of aliphatic hydroxyl groups excluding tert-OH is 1. The van der Waals surface area contributed by atoms with Crippen LogP contribution in [-0.2, 0) is 19.1 Å². The van der Waals surface area contributed by atoms with E-state index >= 15 is 0 Å². The number of aliphatic hydroxyl groups is 1. The van der Waals surface area contributed by atoms with Gasteiger partial charge in [0.05, 0.1) is 6.10 Å². The molecule has 0 rings (SSSR count). The van der Waals surface area contributed by atoms with Crippen LogP contribution in [0.25, 0.3) is 0 Å². The van der Waals surface area contributed by atoms with Gasteiger partial charge < -0.3 is 14.6 Å². The van der Waals surface area contributed by atoms with E-state index in [0.29, 0.717) is 12.8 Å². The standard InChI is InChI=1S/C45H88O5S2/c1-5-9-13-17-19-27-35-44(47)49-42(33-25-15-11-7-3)39-51-37-29-21-23-31-41(46)32-24-22-30-38-52-40-43(34-26-16-12-8-4)50-45(48)36-28-20-18-14-10-6-2/h41-43,46H,5-40H2,1-4H3. The van der Waals surface area contributed by atoms with Crippen molar-refractivity contribution < 1.29 is 24.2 Å². The molecular formula is C45H88O5S2. The molecule has 0 amide bonds. The van der Waals surface area contributed by atoms with Gasteiger partial charge in [-0.3, -0.25) is 9.59 Å². The van der Waals surface area contributed by atoms with Crippen molar-refractivity contribution in [2.45, 2.75) is 251 Å². The highest BCUT2D eigenvalue weighted by atomic mass is 32.2. The number of esters is 2. The zero-order valence-corrected chi connectivity index (χ0v) is 36.7. The van der Waals surface area contributed by atoms with Crippen LogP contribution in [0.15, 0.2) is 0 Å². The van der Waals surface area contributed by atoms with Crippen molar-refractivity contribution >= 4 is 35.5 Å². The Morgan fingerprint density at radius 3 is 1.12 bits per heavy atom. The summed E-state index contributed by atoms with van der Waals surface area (Å²) in [5.41, 5.74) is 0. The Hall–Kier alpha value is -0.400. The number of rotatable bonds is 42. The quantitative estimate of drug-likeness (QED) is 0.0489. The number of thioether (sulfide) groups is 2. The molecule has 0 saturated heterocycles. The smallest absolute Gasteiger partial charge is 0.306 e. The first-order chi connectivity index (χ1) is 25.5. The summed E-state index contributed by atoms with van der Waals surface area (Å²) in [5.74, 6) is 4.04. The van der Waals surface area contributed by atoms with Gasteiger partial charge in [0.1, 0.15) is 12.2 Å². The van der Waals surface area contributed by atoms with E-state index in [1.165, 1.54) is 89.9 Å². The van der Waals surface area contributed by atoms with Crippen LogP contribution >= 0.6 is 23.5 Å². The molecule has 0 fully saturated rings. The molecule has 0 radical (unpaired) electrons. The summed E-state index contributed by atoms with van der Waals surface area (Å²) in [6.45, 7) is 8.94. The molecule has 2 atom stereocenters. The van der Waals surface area contributed by atoms with Crippen LogP contribution < -0.4 is 0 Å². The van der Waals surface area contributed by atoms with E-state index in [1.807, 2.05) is 23.5 Å². The normalized spacial score (nSPS) is 13.2. The van der Waals surface area contributed by atoms with Crippen LogP contribution in [0.1, 0.15) is 233 Å². The first-order valence-corrected chi connectivity index (χ1v) is 25.0. The summed E-state index contributed by atoms with van der Waals surface area (Å²) in [6, 6.07) is 0. The van der Waals surface area contributed by atoms with Crippen molar-refractivity contribution in [2.75, 3.05) is 23.0 Å². The molecule has 310 valence electrons. The number of unbranched alkanes of at least 4 members (excludes halogenated alkanes) is 20. The van der Waals surface area contributed by atoms with Gasteiger partial charge in [-0.15, -0.1) is 0 Å². The summed E-state index contributed by atoms with van der Waals surface area (Å²) < 4.78 is 11.9. The van der Waals surface area contributed by atoms with Gasteiger partial charge in [0, 0.05) is 24.3 Å². The summed E-state index contributed by atoms with van der Waals surface area (Å²) in [5, 5.41) is 10.5. The highest BCUT2D eigenvalue weighted by Crippen LogP contribution is 2.20. The van der Waals surface area contributed by atoms with Crippen molar-refractivity contribution in [3.63, 3.8) is 0 Å². The van der Waals surface area contributed by atoms with E-state index in [0.717, 1.165) is 126 Å². The molecule has 0 saturated carbocycles. The van der Waals surface area contributed by atoms with Crippen LogP contribution in [-0.4, -0.2) is 58.4 Å². The van der Waals surface area contributed by atoms with E-state index in [4.69, 9.17) is 9.47 Å². The molecule has 0 bridgehead atoms.